The van der Waals surface area contributed by atoms with E-state index in [1.54, 1.807) is 7.11 Å². The van der Waals surface area contributed by atoms with Gasteiger partial charge in [-0.1, -0.05) is 29.8 Å². The van der Waals surface area contributed by atoms with Crippen LogP contribution in [0.1, 0.15) is 48.7 Å². The summed E-state index contributed by atoms with van der Waals surface area (Å²) in [5.41, 5.74) is 3.78. The van der Waals surface area contributed by atoms with Crippen LogP contribution in [0.3, 0.4) is 0 Å². The lowest BCUT2D eigenvalue weighted by molar-refractivity contribution is -0.135. The first-order valence-corrected chi connectivity index (χ1v) is 11.5. The number of aromatic nitrogens is 2. The lowest BCUT2D eigenvalue weighted by Crippen LogP contribution is -2.42. The number of benzene rings is 2. The van der Waals surface area contributed by atoms with Crippen LogP contribution in [0, 0.1) is 6.92 Å². The highest BCUT2D eigenvalue weighted by molar-refractivity contribution is 5.87. The molecule has 0 aliphatic carbocycles. The fourth-order valence-electron chi connectivity index (χ4n) is 4.34. The zero-order valence-electron chi connectivity index (χ0n) is 19.9. The molecule has 1 N–H and O–H groups in total. The second-order valence-corrected chi connectivity index (χ2v) is 9.32. The molecule has 4 rings (SSSR count). The minimum atomic E-state index is -0.544. The molecule has 1 saturated heterocycles. The third-order valence-electron chi connectivity index (χ3n) is 6.55. The first kappa shape index (κ1) is 22.9. The van der Waals surface area contributed by atoms with Gasteiger partial charge in [-0.25, -0.2) is 0 Å². The van der Waals surface area contributed by atoms with Gasteiger partial charge < -0.3 is 14.4 Å². The molecule has 33 heavy (non-hydrogen) atoms. The van der Waals surface area contributed by atoms with Gasteiger partial charge in [0.15, 0.2) is 0 Å². The molecule has 1 aliphatic rings. The van der Waals surface area contributed by atoms with Gasteiger partial charge in [0.2, 0.25) is 5.91 Å². The van der Waals surface area contributed by atoms with E-state index in [0.29, 0.717) is 13.2 Å². The summed E-state index contributed by atoms with van der Waals surface area (Å²) in [4.78, 5) is 15.3. The van der Waals surface area contributed by atoms with Crippen LogP contribution in [0.5, 0.6) is 11.5 Å². The SMILES string of the molecule is COc1ccc(OCCc2cc(C3CCN(C(=O)C(C)(C)c4ccc(C)cc4)C3)n[nH]2)cc1. The molecule has 1 fully saturated rings. The molecule has 0 bridgehead atoms. The van der Waals surface area contributed by atoms with Gasteiger partial charge in [0.05, 0.1) is 24.8 Å². The van der Waals surface area contributed by atoms with Gasteiger partial charge in [-0.05, 0) is 63.1 Å². The topological polar surface area (TPSA) is 67.5 Å². The van der Waals surface area contributed by atoms with Crippen LogP contribution in [0.4, 0.5) is 0 Å². The number of aryl methyl sites for hydroxylation is 1. The number of carbonyl (C=O) groups excluding carboxylic acids is 1. The number of likely N-dealkylation sites (tertiary alicyclic amines) is 1. The number of methoxy groups -OCH3 is 1. The molecule has 1 atom stereocenters. The quantitative estimate of drug-likeness (QED) is 0.546. The third-order valence-corrected chi connectivity index (χ3v) is 6.55. The Labute approximate surface area is 195 Å². The van der Waals surface area contributed by atoms with Crippen LogP contribution in [0.2, 0.25) is 0 Å². The van der Waals surface area contributed by atoms with Crippen molar-refractivity contribution >= 4 is 5.91 Å². The number of hydrogen-bond donors (Lipinski definition) is 1. The van der Waals surface area contributed by atoms with Gasteiger partial charge in [0, 0.05) is 31.1 Å². The van der Waals surface area contributed by atoms with Crippen LogP contribution in [0.25, 0.3) is 0 Å². The summed E-state index contributed by atoms with van der Waals surface area (Å²) in [5.74, 6) is 2.07. The average molecular weight is 448 g/mol. The summed E-state index contributed by atoms with van der Waals surface area (Å²) in [6.45, 7) is 8.13. The fraction of sp³-hybridized carbons (Fsp3) is 0.407. The molecule has 6 nitrogen and oxygen atoms in total. The van der Waals surface area contributed by atoms with Crippen LogP contribution in [0.15, 0.2) is 54.6 Å². The van der Waals surface area contributed by atoms with Gasteiger partial charge in [0.1, 0.15) is 11.5 Å². The Kier molecular flexibility index (Phi) is 6.72. The maximum atomic E-state index is 13.3. The molecule has 2 aromatic carbocycles. The molecule has 174 valence electrons. The number of amides is 1. The minimum Gasteiger partial charge on any atom is -0.497 e. The van der Waals surface area contributed by atoms with E-state index in [1.165, 1.54) is 5.56 Å². The molecule has 0 saturated carbocycles. The van der Waals surface area contributed by atoms with Crippen molar-refractivity contribution in [3.63, 3.8) is 0 Å². The van der Waals surface area contributed by atoms with E-state index in [-0.39, 0.29) is 11.8 Å². The Bertz CT molecular complexity index is 1070. The summed E-state index contributed by atoms with van der Waals surface area (Å²) in [5, 5.41) is 7.67. The predicted octanol–water partition coefficient (Wildman–Crippen LogP) is 4.64. The second-order valence-electron chi connectivity index (χ2n) is 9.32. The Morgan fingerprint density at radius 1 is 1.12 bits per heavy atom. The van der Waals surface area contributed by atoms with Crippen molar-refractivity contribution in [3.05, 3.63) is 77.1 Å². The number of carbonyl (C=O) groups is 1. The highest BCUT2D eigenvalue weighted by Gasteiger charge is 2.37. The number of nitrogens with one attached hydrogen (secondary N) is 1. The zero-order valence-corrected chi connectivity index (χ0v) is 19.9. The van der Waals surface area contributed by atoms with Crippen molar-refractivity contribution in [2.24, 2.45) is 0 Å². The van der Waals surface area contributed by atoms with E-state index in [0.717, 1.165) is 47.8 Å². The maximum absolute atomic E-state index is 13.3. The number of aromatic amines is 1. The molecular weight excluding hydrogens is 414 g/mol. The standard InChI is InChI=1S/C27H33N3O3/c1-19-5-7-21(8-6-19)27(2,3)26(31)30-15-13-20(18-30)25-17-22(28-29-25)14-16-33-24-11-9-23(32-4)10-12-24/h5-12,17,20H,13-16,18H2,1-4H3,(H,28,29). The van der Waals surface area contributed by atoms with Crippen molar-refractivity contribution in [1.82, 2.24) is 15.1 Å². The highest BCUT2D eigenvalue weighted by atomic mass is 16.5. The first-order chi connectivity index (χ1) is 15.9. The van der Waals surface area contributed by atoms with Crippen LogP contribution in [-0.2, 0) is 16.6 Å². The highest BCUT2D eigenvalue weighted by Crippen LogP contribution is 2.32. The fourth-order valence-corrected chi connectivity index (χ4v) is 4.34. The van der Waals surface area contributed by atoms with Gasteiger partial charge in [-0.15, -0.1) is 0 Å². The van der Waals surface area contributed by atoms with Gasteiger partial charge >= 0.3 is 0 Å². The van der Waals surface area contributed by atoms with E-state index in [2.05, 4.69) is 47.5 Å². The van der Waals surface area contributed by atoms with E-state index >= 15 is 0 Å². The molecule has 0 spiro atoms. The van der Waals surface area contributed by atoms with Crippen molar-refractivity contribution in [2.75, 3.05) is 26.8 Å². The predicted molar refractivity (Wildman–Crippen MR) is 129 cm³/mol. The number of hydrogen-bond acceptors (Lipinski definition) is 4. The smallest absolute Gasteiger partial charge is 0.232 e. The van der Waals surface area contributed by atoms with Gasteiger partial charge in [-0.3, -0.25) is 9.89 Å². The zero-order chi connectivity index (χ0) is 23.4. The normalized spacial score (nSPS) is 16.1. The largest absolute Gasteiger partial charge is 0.497 e. The lowest BCUT2D eigenvalue weighted by atomic mass is 9.83. The molecular formula is C27H33N3O3. The first-order valence-electron chi connectivity index (χ1n) is 11.5. The lowest BCUT2D eigenvalue weighted by Gasteiger charge is -2.30. The summed E-state index contributed by atoms with van der Waals surface area (Å²) >= 11 is 0. The number of rotatable bonds is 8. The molecule has 1 aliphatic heterocycles. The summed E-state index contributed by atoms with van der Waals surface area (Å²) in [6.07, 6.45) is 1.68. The Morgan fingerprint density at radius 3 is 2.52 bits per heavy atom. The molecule has 2 heterocycles. The number of H-pyrrole nitrogens is 1. The summed E-state index contributed by atoms with van der Waals surface area (Å²) in [7, 11) is 1.65. The summed E-state index contributed by atoms with van der Waals surface area (Å²) < 4.78 is 11.0. The molecule has 0 radical (unpaired) electrons. The van der Waals surface area contributed by atoms with Crippen molar-refractivity contribution in [1.29, 1.82) is 0 Å². The summed E-state index contributed by atoms with van der Waals surface area (Å²) in [6, 6.07) is 18.0. The Balaban J connectivity index is 1.31. The number of ether oxygens (including phenoxy) is 2. The second kappa shape index (κ2) is 9.69. The van der Waals surface area contributed by atoms with Crippen molar-refractivity contribution < 1.29 is 14.3 Å². The van der Waals surface area contributed by atoms with E-state index < -0.39 is 5.41 Å². The van der Waals surface area contributed by atoms with Crippen LogP contribution < -0.4 is 9.47 Å². The molecule has 1 amide bonds. The average Bonchev–Trinajstić information content (AvgIpc) is 3.49. The minimum absolute atomic E-state index is 0.178. The van der Waals surface area contributed by atoms with Gasteiger partial charge in [0.25, 0.3) is 0 Å². The van der Waals surface area contributed by atoms with E-state index in [1.807, 2.05) is 43.0 Å². The third kappa shape index (κ3) is 5.21. The van der Waals surface area contributed by atoms with Crippen molar-refractivity contribution in [2.45, 2.75) is 44.9 Å². The maximum Gasteiger partial charge on any atom is 0.232 e. The monoisotopic (exact) mass is 447 g/mol. The number of nitrogens with zero attached hydrogens (tertiary/aromatic N) is 2. The van der Waals surface area contributed by atoms with E-state index in [4.69, 9.17) is 9.47 Å². The molecule has 1 unspecified atom stereocenters. The van der Waals surface area contributed by atoms with Crippen LogP contribution >= 0.6 is 0 Å². The molecule has 3 aromatic rings. The Morgan fingerprint density at radius 2 is 1.82 bits per heavy atom. The van der Waals surface area contributed by atoms with Gasteiger partial charge in [-0.2, -0.15) is 5.10 Å². The Hall–Kier alpha value is -3.28. The molecule has 6 heteroatoms. The van der Waals surface area contributed by atoms with Crippen molar-refractivity contribution in [3.8, 4) is 11.5 Å². The van der Waals surface area contributed by atoms with E-state index in [9.17, 15) is 4.79 Å². The molecule has 1 aromatic heterocycles. The van der Waals surface area contributed by atoms with Crippen LogP contribution in [-0.4, -0.2) is 47.8 Å².